The summed E-state index contributed by atoms with van der Waals surface area (Å²) in [6.07, 6.45) is 2.80. The van der Waals surface area contributed by atoms with Gasteiger partial charge in [0.25, 0.3) is 0 Å². The zero-order valence-electron chi connectivity index (χ0n) is 9.84. The summed E-state index contributed by atoms with van der Waals surface area (Å²) in [5.41, 5.74) is 4.71. The maximum Gasteiger partial charge on any atom is 0.246 e. The molecule has 0 saturated carbocycles. The molecule has 0 fully saturated rings. The molecule has 0 spiro atoms. The molecule has 2 rings (SSSR count). The molecule has 0 aliphatic carbocycles. The van der Waals surface area contributed by atoms with Crippen LogP contribution in [0.2, 0.25) is 0 Å². The van der Waals surface area contributed by atoms with Crippen LogP contribution in [0.1, 0.15) is 18.9 Å². The van der Waals surface area contributed by atoms with E-state index in [4.69, 9.17) is 5.73 Å². The third kappa shape index (κ3) is 2.37. The van der Waals surface area contributed by atoms with Crippen LogP contribution in [0.4, 0.5) is 5.82 Å². The van der Waals surface area contributed by atoms with E-state index in [2.05, 4.69) is 19.9 Å². The zero-order valence-corrected chi connectivity index (χ0v) is 11.5. The van der Waals surface area contributed by atoms with Crippen molar-refractivity contribution in [2.45, 2.75) is 24.3 Å². The number of sulfonamides is 1. The molecule has 0 radical (unpaired) electrons. The molecule has 98 valence electrons. The molecule has 0 atom stereocenters. The van der Waals surface area contributed by atoms with Crippen LogP contribution in [0, 0.1) is 0 Å². The van der Waals surface area contributed by atoms with E-state index in [-0.39, 0.29) is 10.7 Å². The predicted molar refractivity (Wildman–Crippen MR) is 68.5 cm³/mol. The first kappa shape index (κ1) is 13.0. The predicted octanol–water partition coefficient (Wildman–Crippen LogP) is 0.662. The minimum atomic E-state index is -3.73. The molecule has 0 aliphatic heterocycles. The molecule has 0 amide bonds. The number of anilines is 1. The zero-order chi connectivity index (χ0) is 13.4. The fourth-order valence-electron chi connectivity index (χ4n) is 1.47. The van der Waals surface area contributed by atoms with E-state index in [1.165, 1.54) is 17.5 Å². The van der Waals surface area contributed by atoms with Gasteiger partial charge >= 0.3 is 0 Å². The minimum Gasteiger partial charge on any atom is -0.383 e. The average molecular weight is 287 g/mol. The number of nitrogen functional groups attached to an aromatic ring is 1. The van der Waals surface area contributed by atoms with Crippen molar-refractivity contribution >= 4 is 27.2 Å². The van der Waals surface area contributed by atoms with Crippen molar-refractivity contribution < 1.29 is 8.42 Å². The average Bonchev–Trinajstić information content (AvgIpc) is 2.84. The summed E-state index contributed by atoms with van der Waals surface area (Å²) in [5, 5.41) is 8.45. The van der Waals surface area contributed by atoms with E-state index < -0.39 is 15.6 Å². The third-order valence-corrected chi connectivity index (χ3v) is 5.06. The Morgan fingerprint density at radius 1 is 1.50 bits per heavy atom. The standard InChI is InChI=1S/C9H13N5O2S2/c1-9(2,8-11-3-4-17-8)14-18(15,16)6-5-12-13-7(6)10/h3-5,14H,1-2H3,(H3,10,12,13). The molecule has 4 N–H and O–H groups in total. The number of nitrogens with two attached hydrogens (primary N) is 1. The summed E-state index contributed by atoms with van der Waals surface area (Å²) in [5.74, 6) is 0.0115. The van der Waals surface area contributed by atoms with Crippen molar-refractivity contribution in [3.63, 3.8) is 0 Å². The molecular formula is C9H13N5O2S2. The topological polar surface area (TPSA) is 114 Å². The van der Waals surface area contributed by atoms with Gasteiger partial charge in [-0.25, -0.2) is 13.4 Å². The van der Waals surface area contributed by atoms with E-state index in [1.54, 1.807) is 25.4 Å². The van der Waals surface area contributed by atoms with Crippen LogP contribution in [-0.4, -0.2) is 23.6 Å². The Morgan fingerprint density at radius 3 is 2.72 bits per heavy atom. The summed E-state index contributed by atoms with van der Waals surface area (Å²) in [4.78, 5) is 4.05. The quantitative estimate of drug-likeness (QED) is 0.764. The van der Waals surface area contributed by atoms with Gasteiger partial charge in [-0.3, -0.25) is 5.10 Å². The maximum atomic E-state index is 12.2. The van der Waals surface area contributed by atoms with Gasteiger partial charge in [0.05, 0.1) is 11.7 Å². The molecule has 0 aromatic carbocycles. The second-order valence-electron chi connectivity index (χ2n) is 4.22. The number of thiazole rings is 1. The van der Waals surface area contributed by atoms with Crippen LogP contribution in [0.25, 0.3) is 0 Å². The number of aromatic nitrogens is 3. The van der Waals surface area contributed by atoms with E-state index in [1.807, 2.05) is 0 Å². The van der Waals surface area contributed by atoms with Crippen molar-refractivity contribution in [2.75, 3.05) is 5.73 Å². The molecule has 0 saturated heterocycles. The molecule has 0 bridgehead atoms. The van der Waals surface area contributed by atoms with Gasteiger partial charge in [-0.05, 0) is 13.8 Å². The summed E-state index contributed by atoms with van der Waals surface area (Å²) >= 11 is 1.38. The number of aromatic amines is 1. The Hall–Kier alpha value is -1.45. The monoisotopic (exact) mass is 287 g/mol. The summed E-state index contributed by atoms with van der Waals surface area (Å²) in [7, 11) is -3.73. The smallest absolute Gasteiger partial charge is 0.246 e. The van der Waals surface area contributed by atoms with E-state index in [0.29, 0.717) is 5.01 Å². The second kappa shape index (κ2) is 4.34. The van der Waals surface area contributed by atoms with Crippen LogP contribution < -0.4 is 10.5 Å². The fourth-order valence-corrected chi connectivity index (χ4v) is 3.65. The Labute approximate surface area is 108 Å². The first-order valence-electron chi connectivity index (χ1n) is 5.06. The SMILES string of the molecule is CC(C)(NS(=O)(=O)c1cn[nH]c1N)c1nccs1. The van der Waals surface area contributed by atoms with Crippen LogP contribution in [-0.2, 0) is 15.6 Å². The Balaban J connectivity index is 2.32. The first-order valence-corrected chi connectivity index (χ1v) is 7.42. The molecule has 9 heteroatoms. The largest absolute Gasteiger partial charge is 0.383 e. The summed E-state index contributed by atoms with van der Waals surface area (Å²) in [6.45, 7) is 3.47. The van der Waals surface area contributed by atoms with Gasteiger partial charge in [-0.1, -0.05) is 0 Å². The highest BCUT2D eigenvalue weighted by molar-refractivity contribution is 7.89. The molecule has 0 unspecified atom stereocenters. The van der Waals surface area contributed by atoms with Crippen LogP contribution in [0.5, 0.6) is 0 Å². The minimum absolute atomic E-state index is 0.0115. The first-order chi connectivity index (χ1) is 8.33. The number of nitrogens with zero attached hydrogens (tertiary/aromatic N) is 2. The van der Waals surface area contributed by atoms with Crippen LogP contribution in [0.3, 0.4) is 0 Å². The number of rotatable bonds is 4. The fraction of sp³-hybridized carbons (Fsp3) is 0.333. The third-order valence-electron chi connectivity index (χ3n) is 2.28. The molecule has 2 aromatic heterocycles. The molecule has 2 heterocycles. The number of hydrogen-bond donors (Lipinski definition) is 3. The lowest BCUT2D eigenvalue weighted by Gasteiger charge is -2.23. The second-order valence-corrected chi connectivity index (χ2v) is 6.76. The lowest BCUT2D eigenvalue weighted by atomic mass is 10.1. The van der Waals surface area contributed by atoms with Gasteiger partial charge in [-0.15, -0.1) is 11.3 Å². The van der Waals surface area contributed by atoms with Gasteiger partial charge < -0.3 is 5.73 Å². The lowest BCUT2D eigenvalue weighted by molar-refractivity contribution is 0.470. The normalized spacial score (nSPS) is 12.8. The van der Waals surface area contributed by atoms with Gasteiger partial charge in [-0.2, -0.15) is 9.82 Å². The number of hydrogen-bond acceptors (Lipinski definition) is 6. The molecule has 0 aliphatic rings. The van der Waals surface area contributed by atoms with E-state index in [0.717, 1.165) is 0 Å². The Bertz CT molecular complexity index is 630. The van der Waals surface area contributed by atoms with Crippen molar-refractivity contribution in [3.05, 3.63) is 22.8 Å². The Kier molecular flexibility index (Phi) is 3.13. The number of nitrogens with one attached hydrogen (secondary N) is 2. The van der Waals surface area contributed by atoms with E-state index >= 15 is 0 Å². The molecular weight excluding hydrogens is 274 g/mol. The molecule has 2 aromatic rings. The highest BCUT2D eigenvalue weighted by Crippen LogP contribution is 2.25. The van der Waals surface area contributed by atoms with Gasteiger partial charge in [0.1, 0.15) is 15.7 Å². The summed E-state index contributed by atoms with van der Waals surface area (Å²) in [6, 6.07) is 0. The maximum absolute atomic E-state index is 12.2. The van der Waals surface area contributed by atoms with Gasteiger partial charge in [0.15, 0.2) is 0 Å². The highest BCUT2D eigenvalue weighted by Gasteiger charge is 2.31. The Morgan fingerprint density at radius 2 is 2.22 bits per heavy atom. The van der Waals surface area contributed by atoms with Crippen molar-refractivity contribution in [2.24, 2.45) is 0 Å². The van der Waals surface area contributed by atoms with Gasteiger partial charge in [0.2, 0.25) is 10.0 Å². The summed E-state index contributed by atoms with van der Waals surface area (Å²) < 4.78 is 26.9. The molecule has 7 nitrogen and oxygen atoms in total. The highest BCUT2D eigenvalue weighted by atomic mass is 32.2. The van der Waals surface area contributed by atoms with Crippen molar-refractivity contribution in [1.29, 1.82) is 0 Å². The van der Waals surface area contributed by atoms with Crippen LogP contribution >= 0.6 is 11.3 Å². The molecule has 18 heavy (non-hydrogen) atoms. The van der Waals surface area contributed by atoms with Crippen molar-refractivity contribution in [3.8, 4) is 0 Å². The number of H-pyrrole nitrogens is 1. The van der Waals surface area contributed by atoms with Crippen molar-refractivity contribution in [1.82, 2.24) is 19.9 Å². The lowest BCUT2D eigenvalue weighted by Crippen LogP contribution is -2.40. The van der Waals surface area contributed by atoms with E-state index in [9.17, 15) is 8.42 Å². The van der Waals surface area contributed by atoms with Crippen LogP contribution in [0.15, 0.2) is 22.7 Å². The van der Waals surface area contributed by atoms with Gasteiger partial charge in [0, 0.05) is 11.6 Å².